The molecule has 0 saturated carbocycles. The number of nitrogens with zero attached hydrogens (tertiary/aromatic N) is 5. The molecule has 0 radical (unpaired) electrons. The van der Waals surface area contributed by atoms with Crippen LogP contribution in [0.2, 0.25) is 0 Å². The molecule has 8 heteroatoms. The average Bonchev–Trinajstić information content (AvgIpc) is 3.02. The number of aromatic nitrogens is 4. The summed E-state index contributed by atoms with van der Waals surface area (Å²) in [7, 11) is 0. The van der Waals surface area contributed by atoms with Gasteiger partial charge in [0.2, 0.25) is 11.1 Å². The van der Waals surface area contributed by atoms with Crippen LogP contribution in [0.25, 0.3) is 5.69 Å². The van der Waals surface area contributed by atoms with Gasteiger partial charge in [0.25, 0.3) is 0 Å². The van der Waals surface area contributed by atoms with Gasteiger partial charge in [-0.3, -0.25) is 4.79 Å². The summed E-state index contributed by atoms with van der Waals surface area (Å²) in [6, 6.07) is 6.91. The molecule has 2 heterocycles. The first-order valence-corrected chi connectivity index (χ1v) is 8.64. The van der Waals surface area contributed by atoms with Crippen molar-refractivity contribution in [3.63, 3.8) is 0 Å². The molecule has 3 rings (SSSR count). The summed E-state index contributed by atoms with van der Waals surface area (Å²) in [5, 5.41) is 21.5. The van der Waals surface area contributed by atoms with Gasteiger partial charge in [-0.05, 0) is 60.9 Å². The maximum absolute atomic E-state index is 12.4. The number of tetrazole rings is 1. The first kappa shape index (κ1) is 15.8. The lowest BCUT2D eigenvalue weighted by atomic mass is 10.0. The highest BCUT2D eigenvalue weighted by Crippen LogP contribution is 2.22. The van der Waals surface area contributed by atoms with Crippen LogP contribution in [0.15, 0.2) is 29.4 Å². The van der Waals surface area contributed by atoms with Crippen LogP contribution in [-0.2, 0) is 4.79 Å². The van der Waals surface area contributed by atoms with E-state index in [1.54, 1.807) is 28.9 Å². The van der Waals surface area contributed by atoms with Crippen molar-refractivity contribution in [3.8, 4) is 11.4 Å². The Labute approximate surface area is 138 Å². The van der Waals surface area contributed by atoms with E-state index in [-0.39, 0.29) is 11.7 Å². The fourth-order valence-electron chi connectivity index (χ4n) is 2.70. The summed E-state index contributed by atoms with van der Waals surface area (Å²) in [5.74, 6) is 0.635. The summed E-state index contributed by atoms with van der Waals surface area (Å²) >= 11 is 1.33. The van der Waals surface area contributed by atoms with E-state index in [2.05, 4.69) is 22.4 Å². The summed E-state index contributed by atoms with van der Waals surface area (Å²) in [6.07, 6.45) is 3.34. The van der Waals surface area contributed by atoms with E-state index in [1.165, 1.54) is 18.2 Å². The largest absolute Gasteiger partial charge is 0.508 e. The Morgan fingerprint density at radius 3 is 2.87 bits per heavy atom. The molecule has 1 atom stereocenters. The average molecular weight is 333 g/mol. The van der Waals surface area contributed by atoms with Crippen molar-refractivity contribution >= 4 is 17.7 Å². The maximum atomic E-state index is 12.4. The molecule has 1 amide bonds. The van der Waals surface area contributed by atoms with E-state index in [0.717, 1.165) is 25.1 Å². The molecule has 0 spiro atoms. The molecule has 0 aliphatic carbocycles. The first-order valence-electron chi connectivity index (χ1n) is 7.65. The van der Waals surface area contributed by atoms with Crippen LogP contribution in [0.4, 0.5) is 0 Å². The number of hydrogen-bond acceptors (Lipinski definition) is 6. The number of aromatic hydroxyl groups is 1. The maximum Gasteiger partial charge on any atom is 0.233 e. The normalized spacial score (nSPS) is 18.1. The fraction of sp³-hybridized carbons (Fsp3) is 0.467. The second kappa shape index (κ2) is 6.99. The minimum absolute atomic E-state index is 0.127. The van der Waals surface area contributed by atoms with Crippen LogP contribution in [0.1, 0.15) is 26.2 Å². The highest BCUT2D eigenvalue weighted by Gasteiger charge is 2.23. The van der Waals surface area contributed by atoms with Gasteiger partial charge in [0.05, 0.1) is 11.4 Å². The lowest BCUT2D eigenvalue weighted by Crippen LogP contribution is -2.42. The summed E-state index contributed by atoms with van der Waals surface area (Å²) < 4.78 is 1.57. The van der Waals surface area contributed by atoms with E-state index < -0.39 is 0 Å². The monoisotopic (exact) mass is 333 g/mol. The smallest absolute Gasteiger partial charge is 0.233 e. The van der Waals surface area contributed by atoms with Gasteiger partial charge in [-0.2, -0.15) is 4.68 Å². The predicted molar refractivity (Wildman–Crippen MR) is 86.6 cm³/mol. The lowest BCUT2D eigenvalue weighted by molar-refractivity contribution is -0.131. The number of carbonyl (C=O) groups is 1. The van der Waals surface area contributed by atoms with Gasteiger partial charge >= 0.3 is 0 Å². The van der Waals surface area contributed by atoms with Crippen molar-refractivity contribution in [2.75, 3.05) is 12.3 Å². The Balaban J connectivity index is 1.66. The molecule has 0 unspecified atom stereocenters. The minimum Gasteiger partial charge on any atom is -0.508 e. The molecule has 0 bridgehead atoms. The zero-order valence-electron chi connectivity index (χ0n) is 12.9. The van der Waals surface area contributed by atoms with Crippen molar-refractivity contribution < 1.29 is 9.90 Å². The number of amides is 1. The van der Waals surface area contributed by atoms with Gasteiger partial charge in [0, 0.05) is 12.6 Å². The number of phenolic OH excluding ortho intramolecular Hbond substituents is 1. The number of piperidine rings is 1. The van der Waals surface area contributed by atoms with Crippen LogP contribution < -0.4 is 0 Å². The third kappa shape index (κ3) is 3.64. The van der Waals surface area contributed by atoms with Crippen LogP contribution in [0, 0.1) is 0 Å². The Bertz CT molecular complexity index is 673. The second-order valence-electron chi connectivity index (χ2n) is 5.61. The van der Waals surface area contributed by atoms with Crippen molar-refractivity contribution in [2.45, 2.75) is 37.4 Å². The van der Waals surface area contributed by atoms with Crippen LogP contribution >= 0.6 is 11.8 Å². The molecule has 2 aromatic rings. The molecule has 122 valence electrons. The number of phenols is 1. The zero-order chi connectivity index (χ0) is 16.2. The third-order valence-corrected chi connectivity index (χ3v) is 4.89. The van der Waals surface area contributed by atoms with E-state index >= 15 is 0 Å². The fourth-order valence-corrected chi connectivity index (χ4v) is 3.48. The number of hydrogen-bond donors (Lipinski definition) is 1. The molecule has 7 nitrogen and oxygen atoms in total. The van der Waals surface area contributed by atoms with E-state index in [9.17, 15) is 9.90 Å². The molecule has 1 fully saturated rings. The Morgan fingerprint density at radius 2 is 2.13 bits per heavy atom. The molecule has 1 aliphatic rings. The minimum atomic E-state index is 0.127. The number of carbonyl (C=O) groups excluding carboxylic acids is 1. The van der Waals surface area contributed by atoms with E-state index in [4.69, 9.17) is 0 Å². The van der Waals surface area contributed by atoms with Crippen molar-refractivity contribution in [1.82, 2.24) is 25.1 Å². The summed E-state index contributed by atoms with van der Waals surface area (Å²) in [4.78, 5) is 14.3. The van der Waals surface area contributed by atoms with Crippen molar-refractivity contribution in [3.05, 3.63) is 24.3 Å². The quantitative estimate of drug-likeness (QED) is 0.860. The van der Waals surface area contributed by atoms with Gasteiger partial charge < -0.3 is 10.0 Å². The van der Waals surface area contributed by atoms with E-state index in [0.29, 0.717) is 17.0 Å². The Hall–Kier alpha value is -2.09. The van der Waals surface area contributed by atoms with Crippen LogP contribution in [0.5, 0.6) is 5.75 Å². The zero-order valence-corrected chi connectivity index (χ0v) is 13.7. The number of benzene rings is 1. The van der Waals surface area contributed by atoms with Gasteiger partial charge in [-0.1, -0.05) is 11.8 Å². The molecular weight excluding hydrogens is 314 g/mol. The highest BCUT2D eigenvalue weighted by molar-refractivity contribution is 7.99. The molecule has 1 N–H and O–H groups in total. The molecule has 1 aliphatic heterocycles. The van der Waals surface area contributed by atoms with E-state index in [1.807, 2.05) is 4.90 Å². The van der Waals surface area contributed by atoms with Gasteiger partial charge in [-0.15, -0.1) is 5.10 Å². The third-order valence-electron chi connectivity index (χ3n) is 3.98. The van der Waals surface area contributed by atoms with Crippen molar-refractivity contribution in [2.24, 2.45) is 0 Å². The molecule has 23 heavy (non-hydrogen) atoms. The summed E-state index contributed by atoms with van der Waals surface area (Å²) in [6.45, 7) is 2.94. The molecule has 1 aromatic carbocycles. The highest BCUT2D eigenvalue weighted by atomic mass is 32.2. The Morgan fingerprint density at radius 1 is 1.35 bits per heavy atom. The molecule has 1 saturated heterocycles. The van der Waals surface area contributed by atoms with Crippen LogP contribution in [-0.4, -0.2) is 54.5 Å². The van der Waals surface area contributed by atoms with Crippen LogP contribution in [0.3, 0.4) is 0 Å². The van der Waals surface area contributed by atoms with Gasteiger partial charge in [0.15, 0.2) is 0 Å². The van der Waals surface area contributed by atoms with Crippen molar-refractivity contribution in [1.29, 1.82) is 0 Å². The Kier molecular flexibility index (Phi) is 4.80. The molecule has 1 aromatic heterocycles. The lowest BCUT2D eigenvalue weighted by Gasteiger charge is -2.33. The predicted octanol–water partition coefficient (Wildman–Crippen LogP) is 1.86. The number of likely N-dealkylation sites (tertiary alicyclic amines) is 1. The number of rotatable bonds is 4. The standard InChI is InChI=1S/C15H19N5O2S/c1-11-4-2-3-9-19(11)14(22)10-23-15-16-17-18-20(15)12-5-7-13(21)8-6-12/h5-8,11,21H,2-4,9-10H2,1H3/t11-/m1/s1. The number of thioether (sulfide) groups is 1. The second-order valence-corrected chi connectivity index (χ2v) is 6.55. The van der Waals surface area contributed by atoms with Gasteiger partial charge in [0.1, 0.15) is 5.75 Å². The molecular formula is C15H19N5O2S. The first-order chi connectivity index (χ1) is 11.1. The van der Waals surface area contributed by atoms with Gasteiger partial charge in [-0.25, -0.2) is 0 Å². The topological polar surface area (TPSA) is 84.1 Å². The SMILES string of the molecule is C[C@@H]1CCCCN1C(=O)CSc1nnnn1-c1ccc(O)cc1. The summed E-state index contributed by atoms with van der Waals surface area (Å²) in [5.41, 5.74) is 0.745.